The fourth-order valence-corrected chi connectivity index (χ4v) is 5.65. The lowest BCUT2D eigenvalue weighted by Crippen LogP contribution is -2.41. The summed E-state index contributed by atoms with van der Waals surface area (Å²) in [5, 5.41) is 0.574. The third-order valence-electron chi connectivity index (χ3n) is 7.22. The molecular formula is C28H34ClN3O2. The Labute approximate surface area is 208 Å². The molecule has 5 nitrogen and oxygen atoms in total. The van der Waals surface area contributed by atoms with E-state index in [-0.39, 0.29) is 5.97 Å². The van der Waals surface area contributed by atoms with Gasteiger partial charge in [0.25, 0.3) is 0 Å². The summed E-state index contributed by atoms with van der Waals surface area (Å²) in [7, 11) is 0. The van der Waals surface area contributed by atoms with E-state index in [0.717, 1.165) is 49.4 Å². The van der Waals surface area contributed by atoms with Crippen molar-refractivity contribution in [2.24, 2.45) is 5.41 Å². The second kappa shape index (κ2) is 9.15. The Morgan fingerprint density at radius 1 is 1.15 bits per heavy atom. The van der Waals surface area contributed by atoms with Crippen molar-refractivity contribution >= 4 is 34.6 Å². The number of piperidine rings is 1. The first kappa shape index (κ1) is 24.4. The summed E-state index contributed by atoms with van der Waals surface area (Å²) in [6, 6.07) is 12.1. The fourth-order valence-electron chi connectivity index (χ4n) is 5.45. The molecule has 6 heteroatoms. The number of anilines is 2. The molecule has 2 saturated heterocycles. The van der Waals surface area contributed by atoms with E-state index in [9.17, 15) is 4.79 Å². The maximum absolute atomic E-state index is 12.3. The van der Waals surface area contributed by atoms with Gasteiger partial charge in [0.05, 0.1) is 17.2 Å². The summed E-state index contributed by atoms with van der Waals surface area (Å²) in [5.74, 6) is -0.281. The number of hydrogen-bond donors (Lipinski definition) is 0. The second-order valence-electron chi connectivity index (χ2n) is 10.9. The lowest BCUT2D eigenvalue weighted by molar-refractivity contribution is 0.00695. The number of esters is 1. The largest absolute Gasteiger partial charge is 0.456 e. The molecule has 34 heavy (non-hydrogen) atoms. The highest BCUT2D eigenvalue weighted by Crippen LogP contribution is 2.47. The van der Waals surface area contributed by atoms with Crippen LogP contribution in [0, 0.1) is 18.9 Å². The molecule has 4 rings (SSSR count). The monoisotopic (exact) mass is 479 g/mol. The van der Waals surface area contributed by atoms with Crippen LogP contribution in [0.15, 0.2) is 36.4 Å². The van der Waals surface area contributed by atoms with E-state index in [1.807, 2.05) is 58.0 Å². The number of hydrogen-bond acceptors (Lipinski definition) is 4. The number of rotatable bonds is 3. The standard InChI is InChI=1S/C28H34ClN3O2/c1-19-17-28(18-32(19)24-12-11-23(30-6)25(29)20(24)2)13-15-31(16-14-28)22-9-7-21(8-10-22)26(33)34-27(3,4)5/h7-12,19H,13-18H2,1-5H3. The summed E-state index contributed by atoms with van der Waals surface area (Å²) in [5.41, 5.74) is 4.22. The molecule has 0 N–H and O–H groups in total. The highest BCUT2D eigenvalue weighted by Gasteiger charge is 2.44. The zero-order valence-corrected chi connectivity index (χ0v) is 21.6. The minimum atomic E-state index is -0.494. The van der Waals surface area contributed by atoms with Crippen molar-refractivity contribution in [1.29, 1.82) is 0 Å². The van der Waals surface area contributed by atoms with Crippen molar-refractivity contribution < 1.29 is 9.53 Å². The van der Waals surface area contributed by atoms with Gasteiger partial charge in [0.1, 0.15) is 5.60 Å². The fraction of sp³-hybridized carbons (Fsp3) is 0.500. The van der Waals surface area contributed by atoms with Crippen molar-refractivity contribution in [3.05, 3.63) is 64.0 Å². The summed E-state index contributed by atoms with van der Waals surface area (Å²) in [6.45, 7) is 20.3. The molecule has 2 aliphatic heterocycles. The predicted octanol–water partition coefficient (Wildman–Crippen LogP) is 7.04. The van der Waals surface area contributed by atoms with Crippen LogP contribution in [-0.2, 0) is 4.74 Å². The lowest BCUT2D eigenvalue weighted by atomic mass is 9.76. The number of nitrogens with zero attached hydrogens (tertiary/aromatic N) is 3. The molecule has 0 amide bonds. The third kappa shape index (κ3) is 4.88. The highest BCUT2D eigenvalue weighted by atomic mass is 35.5. The van der Waals surface area contributed by atoms with Crippen molar-refractivity contribution in [3.63, 3.8) is 0 Å². The van der Waals surface area contributed by atoms with E-state index < -0.39 is 5.60 Å². The number of ether oxygens (including phenoxy) is 1. The maximum atomic E-state index is 12.3. The first-order chi connectivity index (χ1) is 16.0. The van der Waals surface area contributed by atoms with Crippen LogP contribution in [0.3, 0.4) is 0 Å². The van der Waals surface area contributed by atoms with Crippen molar-refractivity contribution in [2.75, 3.05) is 29.4 Å². The normalized spacial score (nSPS) is 19.9. The molecule has 2 heterocycles. The van der Waals surface area contributed by atoms with Gasteiger partial charge in [-0.3, -0.25) is 0 Å². The topological polar surface area (TPSA) is 37.1 Å². The van der Waals surface area contributed by atoms with Crippen LogP contribution in [-0.4, -0.2) is 37.2 Å². The maximum Gasteiger partial charge on any atom is 0.338 e. The molecule has 1 atom stereocenters. The molecule has 2 aromatic carbocycles. The van der Waals surface area contributed by atoms with Crippen LogP contribution in [0.4, 0.5) is 17.1 Å². The van der Waals surface area contributed by atoms with E-state index in [1.54, 1.807) is 0 Å². The molecule has 2 aromatic rings. The zero-order chi connectivity index (χ0) is 24.7. The third-order valence-corrected chi connectivity index (χ3v) is 7.70. The first-order valence-corrected chi connectivity index (χ1v) is 12.4. The smallest absolute Gasteiger partial charge is 0.338 e. The second-order valence-corrected chi connectivity index (χ2v) is 11.2. The van der Waals surface area contributed by atoms with Gasteiger partial charge in [0, 0.05) is 37.1 Å². The quantitative estimate of drug-likeness (QED) is 0.349. The Balaban J connectivity index is 1.41. The van der Waals surface area contributed by atoms with E-state index >= 15 is 0 Å². The summed E-state index contributed by atoms with van der Waals surface area (Å²) >= 11 is 6.47. The van der Waals surface area contributed by atoms with Gasteiger partial charge in [0.15, 0.2) is 0 Å². The Bertz CT molecular complexity index is 1110. The van der Waals surface area contributed by atoms with Crippen molar-refractivity contribution in [1.82, 2.24) is 0 Å². The number of benzene rings is 2. The van der Waals surface area contributed by atoms with Gasteiger partial charge in [-0.1, -0.05) is 17.7 Å². The average molecular weight is 480 g/mol. The molecule has 0 aromatic heterocycles. The van der Waals surface area contributed by atoms with Gasteiger partial charge in [-0.15, -0.1) is 0 Å². The molecule has 0 saturated carbocycles. The Kier molecular flexibility index (Phi) is 6.57. The number of halogens is 1. The molecule has 0 bridgehead atoms. The molecule has 1 unspecified atom stereocenters. The van der Waals surface area contributed by atoms with Gasteiger partial charge in [-0.05, 0) is 95.2 Å². The molecule has 180 valence electrons. The van der Waals surface area contributed by atoms with Gasteiger partial charge >= 0.3 is 5.97 Å². The number of carbonyl (C=O) groups is 1. The van der Waals surface area contributed by atoms with Gasteiger partial charge in [-0.2, -0.15) is 0 Å². The van der Waals surface area contributed by atoms with Crippen molar-refractivity contribution in [2.45, 2.75) is 65.5 Å². The number of carbonyl (C=O) groups excluding carboxylic acids is 1. The van der Waals surface area contributed by atoms with Crippen LogP contribution in [0.2, 0.25) is 5.02 Å². The predicted molar refractivity (Wildman–Crippen MR) is 139 cm³/mol. The molecule has 0 radical (unpaired) electrons. The van der Waals surface area contributed by atoms with Crippen LogP contribution in [0.5, 0.6) is 0 Å². The average Bonchev–Trinajstić information content (AvgIpc) is 3.10. The van der Waals surface area contributed by atoms with Crippen LogP contribution >= 0.6 is 11.6 Å². The highest BCUT2D eigenvalue weighted by molar-refractivity contribution is 6.34. The van der Waals surface area contributed by atoms with Gasteiger partial charge in [-0.25, -0.2) is 9.64 Å². The van der Waals surface area contributed by atoms with E-state index in [4.69, 9.17) is 22.9 Å². The Morgan fingerprint density at radius 2 is 1.79 bits per heavy atom. The lowest BCUT2D eigenvalue weighted by Gasteiger charge is -2.40. The molecular weight excluding hydrogens is 446 g/mol. The van der Waals surface area contributed by atoms with Crippen LogP contribution in [0.25, 0.3) is 4.85 Å². The van der Waals surface area contributed by atoms with E-state index in [1.165, 1.54) is 6.42 Å². The van der Waals surface area contributed by atoms with Gasteiger partial charge in [0.2, 0.25) is 5.69 Å². The van der Waals surface area contributed by atoms with Gasteiger partial charge < -0.3 is 14.5 Å². The van der Waals surface area contributed by atoms with Crippen molar-refractivity contribution in [3.8, 4) is 0 Å². The molecule has 2 fully saturated rings. The first-order valence-electron chi connectivity index (χ1n) is 12.0. The summed E-state index contributed by atoms with van der Waals surface area (Å²) in [6.07, 6.45) is 3.43. The Hall–Kier alpha value is -2.71. The zero-order valence-electron chi connectivity index (χ0n) is 20.8. The van der Waals surface area contributed by atoms with Crippen LogP contribution in [0.1, 0.15) is 62.9 Å². The van der Waals surface area contributed by atoms with Crippen LogP contribution < -0.4 is 9.80 Å². The molecule has 1 spiro atoms. The van der Waals surface area contributed by atoms with E-state index in [2.05, 4.69) is 27.6 Å². The van der Waals surface area contributed by atoms with E-state index in [0.29, 0.717) is 27.7 Å². The minimum Gasteiger partial charge on any atom is -0.456 e. The molecule has 0 aliphatic carbocycles. The SMILES string of the molecule is [C-]#[N+]c1ccc(N2CC3(CCN(c4ccc(C(=O)OC(C)(C)C)cc4)CC3)CC2C)c(C)c1Cl. The summed E-state index contributed by atoms with van der Waals surface area (Å²) < 4.78 is 5.48. The minimum absolute atomic E-state index is 0.281. The molecule has 2 aliphatic rings. The Morgan fingerprint density at radius 3 is 2.38 bits per heavy atom. The summed E-state index contributed by atoms with van der Waals surface area (Å²) in [4.78, 5) is 20.8.